The van der Waals surface area contributed by atoms with Crippen molar-refractivity contribution in [3.8, 4) is 22.9 Å². The smallest absolute Gasteiger partial charge is 0.422 e. The summed E-state index contributed by atoms with van der Waals surface area (Å²) in [5.41, 5.74) is 1.24. The zero-order valence-corrected chi connectivity index (χ0v) is 21.1. The maximum Gasteiger partial charge on any atom is 0.422 e. The van der Waals surface area contributed by atoms with Gasteiger partial charge in [0.25, 0.3) is 6.29 Å². The molecule has 1 heterocycles. The third-order valence-electron chi connectivity index (χ3n) is 5.20. The summed E-state index contributed by atoms with van der Waals surface area (Å²) in [5.74, 6) is -0.344. The van der Waals surface area contributed by atoms with E-state index in [2.05, 4.69) is 17.1 Å². The molecular formula is C26H35F3N2O5. The predicted molar refractivity (Wildman–Crippen MR) is 129 cm³/mol. The molecule has 0 fully saturated rings. The van der Waals surface area contributed by atoms with Crippen LogP contribution in [-0.2, 0) is 14.3 Å². The van der Waals surface area contributed by atoms with E-state index in [0.717, 1.165) is 24.2 Å². The molecule has 0 aliphatic heterocycles. The fourth-order valence-electron chi connectivity index (χ4n) is 3.14. The molecule has 2 aromatic rings. The van der Waals surface area contributed by atoms with Crippen molar-refractivity contribution in [2.24, 2.45) is 0 Å². The molecule has 2 atom stereocenters. The van der Waals surface area contributed by atoms with Crippen LogP contribution < -0.4 is 9.47 Å². The van der Waals surface area contributed by atoms with Gasteiger partial charge in [0.15, 0.2) is 0 Å². The van der Waals surface area contributed by atoms with Gasteiger partial charge < -0.3 is 18.9 Å². The molecule has 1 aromatic carbocycles. The normalized spacial score (nSPS) is 13.2. The number of aromatic nitrogens is 2. The lowest BCUT2D eigenvalue weighted by Gasteiger charge is -2.28. The van der Waals surface area contributed by atoms with Gasteiger partial charge in [-0.2, -0.15) is 13.2 Å². The van der Waals surface area contributed by atoms with Gasteiger partial charge in [-0.1, -0.05) is 46.5 Å². The zero-order chi connectivity index (χ0) is 26.4. The molecule has 2 unspecified atom stereocenters. The molecule has 0 bridgehead atoms. The van der Waals surface area contributed by atoms with E-state index in [0.29, 0.717) is 25.1 Å². The molecule has 0 amide bonds. The first kappa shape index (κ1) is 29.4. The Morgan fingerprint density at radius 1 is 0.889 bits per heavy atom. The van der Waals surface area contributed by atoms with Crippen molar-refractivity contribution in [1.29, 1.82) is 0 Å². The number of hydrogen-bond donors (Lipinski definition) is 0. The highest BCUT2D eigenvalue weighted by Gasteiger charge is 2.49. The topological polar surface area (TPSA) is 79.8 Å². The maximum absolute atomic E-state index is 13.7. The Morgan fingerprint density at radius 2 is 1.61 bits per heavy atom. The van der Waals surface area contributed by atoms with Crippen LogP contribution in [-0.4, -0.2) is 48.0 Å². The number of hydrogen-bond acceptors (Lipinski definition) is 7. The second kappa shape index (κ2) is 15.3. The summed E-state index contributed by atoms with van der Waals surface area (Å²) < 4.78 is 61.9. The van der Waals surface area contributed by atoms with Crippen LogP contribution in [0.2, 0.25) is 0 Å². The SMILES string of the molecule is CCCCCCOc1ccc(-c2ccc(OC(OC(=O)CC)C(OCCCC)C(F)(F)F)nn2)cc1. The average molecular weight is 513 g/mol. The summed E-state index contributed by atoms with van der Waals surface area (Å²) >= 11 is 0. The Hall–Kier alpha value is -2.88. The molecule has 1 aromatic heterocycles. The number of ether oxygens (including phenoxy) is 4. The van der Waals surface area contributed by atoms with E-state index >= 15 is 0 Å². The van der Waals surface area contributed by atoms with Crippen molar-refractivity contribution in [2.75, 3.05) is 13.2 Å². The number of benzene rings is 1. The Kier molecular flexibility index (Phi) is 12.5. The van der Waals surface area contributed by atoms with E-state index in [-0.39, 0.29) is 18.9 Å². The molecule has 7 nitrogen and oxygen atoms in total. The van der Waals surface area contributed by atoms with Crippen molar-refractivity contribution in [2.45, 2.75) is 84.3 Å². The van der Waals surface area contributed by atoms with Crippen LogP contribution >= 0.6 is 0 Å². The fraction of sp³-hybridized carbons (Fsp3) is 0.577. The average Bonchev–Trinajstić information content (AvgIpc) is 2.86. The minimum absolute atomic E-state index is 0.123. The Balaban J connectivity index is 2.08. The number of nitrogens with zero attached hydrogens (tertiary/aromatic N) is 2. The summed E-state index contributed by atoms with van der Waals surface area (Å²) in [6.45, 7) is 5.94. The third kappa shape index (κ3) is 10.0. The number of carbonyl (C=O) groups is 1. The van der Waals surface area contributed by atoms with Crippen molar-refractivity contribution < 1.29 is 36.9 Å². The molecule has 36 heavy (non-hydrogen) atoms. The Bertz CT molecular complexity index is 892. The van der Waals surface area contributed by atoms with E-state index < -0.39 is 24.5 Å². The lowest BCUT2D eigenvalue weighted by molar-refractivity contribution is -0.280. The second-order valence-electron chi connectivity index (χ2n) is 8.21. The molecule has 0 aliphatic carbocycles. The molecule has 0 spiro atoms. The highest BCUT2D eigenvalue weighted by Crippen LogP contribution is 2.29. The molecule has 10 heteroatoms. The zero-order valence-electron chi connectivity index (χ0n) is 21.1. The van der Waals surface area contributed by atoms with Gasteiger partial charge in [0.2, 0.25) is 12.0 Å². The molecule has 2 rings (SSSR count). The summed E-state index contributed by atoms with van der Waals surface area (Å²) in [5, 5.41) is 7.92. The van der Waals surface area contributed by atoms with Crippen LogP contribution in [0.4, 0.5) is 13.2 Å². The fourth-order valence-corrected chi connectivity index (χ4v) is 3.14. The third-order valence-corrected chi connectivity index (χ3v) is 5.20. The first-order valence-electron chi connectivity index (χ1n) is 12.4. The summed E-state index contributed by atoms with van der Waals surface area (Å²) in [6, 6.07) is 10.2. The largest absolute Gasteiger partial charge is 0.494 e. The van der Waals surface area contributed by atoms with Crippen molar-refractivity contribution in [3.05, 3.63) is 36.4 Å². The van der Waals surface area contributed by atoms with Gasteiger partial charge in [-0.25, -0.2) is 0 Å². The van der Waals surface area contributed by atoms with E-state index in [4.69, 9.17) is 18.9 Å². The predicted octanol–water partition coefficient (Wildman–Crippen LogP) is 6.51. The minimum atomic E-state index is -4.82. The molecule has 0 saturated carbocycles. The lowest BCUT2D eigenvalue weighted by Crippen LogP contribution is -2.47. The number of carbonyl (C=O) groups excluding carboxylic acids is 1. The van der Waals surface area contributed by atoms with Gasteiger partial charge in [0.1, 0.15) is 5.75 Å². The number of alkyl halides is 3. The lowest BCUT2D eigenvalue weighted by atomic mass is 10.1. The van der Waals surface area contributed by atoms with Crippen LogP contribution in [0.5, 0.6) is 11.6 Å². The van der Waals surface area contributed by atoms with Crippen LogP contribution in [0.3, 0.4) is 0 Å². The van der Waals surface area contributed by atoms with Gasteiger partial charge in [-0.05, 0) is 43.2 Å². The maximum atomic E-state index is 13.7. The molecule has 0 aliphatic rings. The minimum Gasteiger partial charge on any atom is -0.494 e. The van der Waals surface area contributed by atoms with Gasteiger partial charge in [-0.3, -0.25) is 4.79 Å². The Labute approximate surface area is 210 Å². The van der Waals surface area contributed by atoms with E-state index in [9.17, 15) is 18.0 Å². The van der Waals surface area contributed by atoms with Crippen LogP contribution in [0.1, 0.15) is 65.7 Å². The van der Waals surface area contributed by atoms with Crippen molar-refractivity contribution in [3.63, 3.8) is 0 Å². The van der Waals surface area contributed by atoms with Crippen LogP contribution in [0.15, 0.2) is 36.4 Å². The number of unbranched alkanes of at least 4 members (excludes halogenated alkanes) is 4. The molecule has 0 saturated heterocycles. The highest BCUT2D eigenvalue weighted by atomic mass is 19.4. The Morgan fingerprint density at radius 3 is 2.19 bits per heavy atom. The van der Waals surface area contributed by atoms with E-state index in [1.54, 1.807) is 6.07 Å². The van der Waals surface area contributed by atoms with Gasteiger partial charge in [0, 0.05) is 24.7 Å². The van der Waals surface area contributed by atoms with Crippen molar-refractivity contribution >= 4 is 5.97 Å². The standard InChI is InChI=1S/C26H35F3N2O5/c1-4-7-9-10-18-33-20-13-11-19(12-14-20)21-15-16-22(31-30-21)35-25(36-23(32)6-3)24(26(27,28)29)34-17-8-5-2/h11-16,24-25H,4-10,17-18H2,1-3H3. The van der Waals surface area contributed by atoms with Gasteiger partial charge >= 0.3 is 12.1 Å². The van der Waals surface area contributed by atoms with Gasteiger partial charge in [-0.15, -0.1) is 10.2 Å². The number of rotatable bonds is 16. The van der Waals surface area contributed by atoms with E-state index in [1.807, 2.05) is 31.2 Å². The van der Waals surface area contributed by atoms with Crippen LogP contribution in [0.25, 0.3) is 11.3 Å². The summed E-state index contributed by atoms with van der Waals surface area (Å²) in [7, 11) is 0. The molecule has 0 radical (unpaired) electrons. The number of esters is 1. The molecule has 200 valence electrons. The number of halogens is 3. The first-order chi connectivity index (χ1) is 17.3. The van der Waals surface area contributed by atoms with Gasteiger partial charge in [0.05, 0.1) is 12.3 Å². The van der Waals surface area contributed by atoms with Crippen LogP contribution in [0, 0.1) is 0 Å². The molecule has 0 N–H and O–H groups in total. The summed E-state index contributed by atoms with van der Waals surface area (Å²) in [4.78, 5) is 11.8. The second-order valence-corrected chi connectivity index (χ2v) is 8.21. The highest BCUT2D eigenvalue weighted by molar-refractivity contribution is 5.69. The first-order valence-corrected chi connectivity index (χ1v) is 12.4. The summed E-state index contributed by atoms with van der Waals surface area (Å²) in [6.07, 6.45) is -3.92. The molecular weight excluding hydrogens is 477 g/mol. The van der Waals surface area contributed by atoms with Crippen molar-refractivity contribution in [1.82, 2.24) is 10.2 Å². The monoisotopic (exact) mass is 512 g/mol. The quantitative estimate of drug-likeness (QED) is 0.144. The van der Waals surface area contributed by atoms with E-state index in [1.165, 1.54) is 25.8 Å².